The predicted octanol–water partition coefficient (Wildman–Crippen LogP) is 1.75. The molecule has 1 fully saturated rings. The van der Waals surface area contributed by atoms with Crippen molar-refractivity contribution in [3.63, 3.8) is 0 Å². The number of thioether (sulfide) groups is 1. The number of amides is 2. The second kappa shape index (κ2) is 4.59. The Labute approximate surface area is 130 Å². The molecule has 0 bridgehead atoms. The standard InChI is InChI=1S/C16H11NO4S/c18-14-4-5-15(19)17(14)10-2-1-3-11(8-10)21-12-6-7-16(20)13(9-12)22-16/h1-9,13,20H. The first-order valence-electron chi connectivity index (χ1n) is 6.70. The van der Waals surface area contributed by atoms with Crippen LogP contribution in [0.1, 0.15) is 0 Å². The highest BCUT2D eigenvalue weighted by molar-refractivity contribution is 8.08. The molecule has 2 atom stereocenters. The Morgan fingerprint density at radius 3 is 2.68 bits per heavy atom. The zero-order chi connectivity index (χ0) is 15.3. The number of ether oxygens (including phenoxy) is 1. The average molecular weight is 313 g/mol. The Bertz CT molecular complexity index is 764. The van der Waals surface area contributed by atoms with Crippen molar-refractivity contribution in [3.8, 4) is 5.75 Å². The number of hydrogen-bond donors (Lipinski definition) is 1. The monoisotopic (exact) mass is 313 g/mol. The number of anilines is 1. The van der Waals surface area contributed by atoms with Crippen LogP contribution >= 0.6 is 11.8 Å². The van der Waals surface area contributed by atoms with Crippen LogP contribution in [0.5, 0.6) is 5.75 Å². The minimum absolute atomic E-state index is 0.0293. The van der Waals surface area contributed by atoms with Crippen LogP contribution in [-0.4, -0.2) is 27.1 Å². The van der Waals surface area contributed by atoms with Gasteiger partial charge in [-0.25, -0.2) is 4.90 Å². The fourth-order valence-corrected chi connectivity index (χ4v) is 3.24. The predicted molar refractivity (Wildman–Crippen MR) is 82.3 cm³/mol. The zero-order valence-corrected chi connectivity index (χ0v) is 12.1. The fraction of sp³-hybridized carbons (Fsp3) is 0.125. The number of hydrogen-bond acceptors (Lipinski definition) is 5. The van der Waals surface area contributed by atoms with Crippen molar-refractivity contribution in [2.24, 2.45) is 0 Å². The Hall–Kier alpha value is -2.31. The third kappa shape index (κ3) is 2.17. The minimum Gasteiger partial charge on any atom is -0.458 e. The Kier molecular flexibility index (Phi) is 2.79. The van der Waals surface area contributed by atoms with Gasteiger partial charge in [0.2, 0.25) is 0 Å². The molecule has 1 aliphatic carbocycles. The smallest absolute Gasteiger partial charge is 0.258 e. The highest BCUT2D eigenvalue weighted by atomic mass is 32.2. The van der Waals surface area contributed by atoms with E-state index >= 15 is 0 Å². The first kappa shape index (κ1) is 13.4. The molecule has 110 valence electrons. The highest BCUT2D eigenvalue weighted by Crippen LogP contribution is 2.55. The fourth-order valence-electron chi connectivity index (χ4n) is 2.41. The molecule has 2 amide bonds. The summed E-state index contributed by atoms with van der Waals surface area (Å²) in [6.07, 6.45) is 7.77. The third-order valence-corrected chi connectivity index (χ3v) is 4.85. The quantitative estimate of drug-likeness (QED) is 0.680. The van der Waals surface area contributed by atoms with E-state index in [4.69, 9.17) is 4.74 Å². The molecule has 1 saturated heterocycles. The molecule has 0 saturated carbocycles. The van der Waals surface area contributed by atoms with E-state index in [0.717, 1.165) is 4.90 Å². The number of carbonyl (C=O) groups is 2. The van der Waals surface area contributed by atoms with E-state index in [0.29, 0.717) is 17.2 Å². The highest BCUT2D eigenvalue weighted by Gasteiger charge is 2.53. The summed E-state index contributed by atoms with van der Waals surface area (Å²) < 4.78 is 5.75. The van der Waals surface area contributed by atoms with Gasteiger partial charge in [0.1, 0.15) is 16.4 Å². The Morgan fingerprint density at radius 1 is 1.18 bits per heavy atom. The second-order valence-electron chi connectivity index (χ2n) is 5.14. The lowest BCUT2D eigenvalue weighted by atomic mass is 10.1. The van der Waals surface area contributed by atoms with Gasteiger partial charge in [0, 0.05) is 18.2 Å². The summed E-state index contributed by atoms with van der Waals surface area (Å²) in [4.78, 5) is 23.7. The molecule has 0 spiro atoms. The van der Waals surface area contributed by atoms with E-state index in [1.54, 1.807) is 36.4 Å². The van der Waals surface area contributed by atoms with Crippen LogP contribution < -0.4 is 9.64 Å². The summed E-state index contributed by atoms with van der Waals surface area (Å²) in [7, 11) is 0. The van der Waals surface area contributed by atoms with Crippen LogP contribution in [0.3, 0.4) is 0 Å². The largest absolute Gasteiger partial charge is 0.458 e. The normalized spacial score (nSPS) is 28.7. The van der Waals surface area contributed by atoms with E-state index in [1.165, 1.54) is 23.9 Å². The van der Waals surface area contributed by atoms with Crippen molar-refractivity contribution >= 4 is 29.3 Å². The van der Waals surface area contributed by atoms with Crippen LogP contribution in [0.2, 0.25) is 0 Å². The molecule has 2 heterocycles. The van der Waals surface area contributed by atoms with Crippen molar-refractivity contribution in [2.75, 3.05) is 4.90 Å². The van der Waals surface area contributed by atoms with Gasteiger partial charge in [0.15, 0.2) is 0 Å². The SMILES string of the molecule is O=C1C=CC(=O)N1c1cccc(OC2=CC3SC3(O)C=C2)c1. The number of allylic oxidation sites excluding steroid dienone is 1. The van der Waals surface area contributed by atoms with Crippen molar-refractivity contribution in [3.05, 3.63) is 60.4 Å². The molecule has 1 aromatic carbocycles. The van der Waals surface area contributed by atoms with Crippen LogP contribution in [0.4, 0.5) is 5.69 Å². The number of fused-ring (bicyclic) bond motifs is 1. The minimum atomic E-state index is -0.769. The lowest BCUT2D eigenvalue weighted by Gasteiger charge is -2.16. The van der Waals surface area contributed by atoms with Gasteiger partial charge in [-0.2, -0.15) is 0 Å². The maximum absolute atomic E-state index is 11.7. The maximum atomic E-state index is 11.7. The van der Waals surface area contributed by atoms with Crippen LogP contribution in [0, 0.1) is 0 Å². The van der Waals surface area contributed by atoms with E-state index in [9.17, 15) is 14.7 Å². The summed E-state index contributed by atoms with van der Waals surface area (Å²) >= 11 is 1.45. The van der Waals surface area contributed by atoms with E-state index in [2.05, 4.69) is 0 Å². The van der Waals surface area contributed by atoms with Gasteiger partial charge in [-0.3, -0.25) is 9.59 Å². The lowest BCUT2D eigenvalue weighted by molar-refractivity contribution is -0.119. The average Bonchev–Trinajstić information content (AvgIpc) is 3.05. The Balaban J connectivity index is 1.56. The molecule has 22 heavy (non-hydrogen) atoms. The number of aliphatic hydroxyl groups is 1. The third-order valence-electron chi connectivity index (χ3n) is 3.59. The molecular weight excluding hydrogens is 302 g/mol. The van der Waals surface area contributed by atoms with E-state index < -0.39 is 4.93 Å². The van der Waals surface area contributed by atoms with Crippen molar-refractivity contribution in [2.45, 2.75) is 10.2 Å². The van der Waals surface area contributed by atoms with Crippen LogP contribution in [0.25, 0.3) is 0 Å². The van der Waals surface area contributed by atoms with Gasteiger partial charge >= 0.3 is 0 Å². The first-order valence-corrected chi connectivity index (χ1v) is 7.58. The van der Waals surface area contributed by atoms with Crippen LogP contribution in [0.15, 0.2) is 60.4 Å². The summed E-state index contributed by atoms with van der Waals surface area (Å²) in [6.45, 7) is 0. The summed E-state index contributed by atoms with van der Waals surface area (Å²) in [5.74, 6) is 0.433. The molecule has 2 unspecified atom stereocenters. The van der Waals surface area contributed by atoms with Gasteiger partial charge in [-0.1, -0.05) is 6.07 Å². The molecule has 0 aromatic heterocycles. The zero-order valence-electron chi connectivity index (χ0n) is 11.3. The van der Waals surface area contributed by atoms with Gasteiger partial charge in [-0.05, 0) is 30.4 Å². The molecule has 1 N–H and O–H groups in total. The van der Waals surface area contributed by atoms with Gasteiger partial charge in [-0.15, -0.1) is 11.8 Å². The molecule has 6 heteroatoms. The molecule has 5 nitrogen and oxygen atoms in total. The van der Waals surface area contributed by atoms with E-state index in [1.807, 2.05) is 6.08 Å². The van der Waals surface area contributed by atoms with E-state index in [-0.39, 0.29) is 17.1 Å². The summed E-state index contributed by atoms with van der Waals surface area (Å²) in [5, 5.41) is 9.90. The molecule has 1 aromatic rings. The molecular formula is C16H11NO4S. The molecule has 3 aliphatic rings. The maximum Gasteiger partial charge on any atom is 0.258 e. The Morgan fingerprint density at radius 2 is 1.95 bits per heavy atom. The van der Waals surface area contributed by atoms with Gasteiger partial charge in [0.05, 0.1) is 10.9 Å². The number of benzene rings is 1. The summed E-state index contributed by atoms with van der Waals surface area (Å²) in [5.41, 5.74) is 0.468. The summed E-state index contributed by atoms with van der Waals surface area (Å²) in [6, 6.07) is 6.78. The number of carbonyl (C=O) groups excluding carboxylic acids is 2. The molecule has 0 radical (unpaired) electrons. The number of rotatable bonds is 3. The molecule has 2 aliphatic heterocycles. The number of imide groups is 1. The van der Waals surface area contributed by atoms with Crippen molar-refractivity contribution < 1.29 is 19.4 Å². The topological polar surface area (TPSA) is 66.8 Å². The number of nitrogens with zero attached hydrogens (tertiary/aromatic N) is 1. The van der Waals surface area contributed by atoms with Gasteiger partial charge < -0.3 is 9.84 Å². The van der Waals surface area contributed by atoms with Crippen molar-refractivity contribution in [1.82, 2.24) is 0 Å². The second-order valence-corrected chi connectivity index (χ2v) is 6.53. The molecule has 4 rings (SSSR count). The van der Waals surface area contributed by atoms with Crippen molar-refractivity contribution in [1.29, 1.82) is 0 Å². The lowest BCUT2D eigenvalue weighted by Crippen LogP contribution is -2.29. The van der Waals surface area contributed by atoms with Gasteiger partial charge in [0.25, 0.3) is 11.8 Å². The first-order chi connectivity index (χ1) is 10.5. The van der Waals surface area contributed by atoms with Crippen LogP contribution in [-0.2, 0) is 9.59 Å².